The second kappa shape index (κ2) is 9.25. The van der Waals surface area contributed by atoms with Gasteiger partial charge in [-0.25, -0.2) is 14.4 Å². The number of nitrogens with zero attached hydrogens (tertiary/aromatic N) is 6. The first-order valence-corrected chi connectivity index (χ1v) is 8.50. The van der Waals surface area contributed by atoms with Gasteiger partial charge >= 0.3 is 18.1 Å². The van der Waals surface area contributed by atoms with E-state index in [0.717, 1.165) is 37.5 Å². The predicted molar refractivity (Wildman–Crippen MR) is 96.7 cm³/mol. The lowest BCUT2D eigenvalue weighted by molar-refractivity contribution is -0.124. The van der Waals surface area contributed by atoms with Crippen LogP contribution in [-0.2, 0) is 4.79 Å². The van der Waals surface area contributed by atoms with E-state index in [1.54, 1.807) is 26.6 Å². The van der Waals surface area contributed by atoms with Crippen molar-refractivity contribution in [2.75, 3.05) is 75.0 Å². The molecule has 7 amide bonds. The third kappa shape index (κ3) is 5.50. The van der Waals surface area contributed by atoms with Crippen molar-refractivity contribution in [3.8, 4) is 0 Å². The average Bonchev–Trinajstić information content (AvgIpc) is 3.01. The van der Waals surface area contributed by atoms with Gasteiger partial charge in [-0.3, -0.25) is 9.69 Å². The summed E-state index contributed by atoms with van der Waals surface area (Å²) in [5, 5.41) is 0. The summed E-state index contributed by atoms with van der Waals surface area (Å²) in [7, 11) is 10.4. The highest BCUT2D eigenvalue weighted by Gasteiger charge is 2.29. The molecule has 0 atom stereocenters. The van der Waals surface area contributed by atoms with Crippen molar-refractivity contribution in [1.82, 2.24) is 29.4 Å². The summed E-state index contributed by atoms with van der Waals surface area (Å²) in [6.45, 7) is 3.77. The summed E-state index contributed by atoms with van der Waals surface area (Å²) < 4.78 is 0. The number of imide groups is 1. The van der Waals surface area contributed by atoms with Crippen LogP contribution in [0, 0.1) is 0 Å². The van der Waals surface area contributed by atoms with Crippen LogP contribution in [0.25, 0.3) is 0 Å². The Kier molecular flexibility index (Phi) is 7.66. The van der Waals surface area contributed by atoms with E-state index in [1.165, 1.54) is 11.9 Å². The van der Waals surface area contributed by atoms with E-state index >= 15 is 0 Å². The zero-order valence-electron chi connectivity index (χ0n) is 16.6. The molecule has 3 heterocycles. The number of hydrogen-bond acceptors (Lipinski definition) is 4. The lowest BCUT2D eigenvalue weighted by atomic mass is 10.3. The topological polar surface area (TPSA) is 87.7 Å². The number of rotatable bonds is 0. The standard InChI is InChI=1S/C6H12N2O.C5H8N2O2.C5H10N2O/c1-7-4-3-5-8(2)6(7)9;1-6-3-4(8)7(2)5(6)9;1-6-3-4-7(2)5(6)8/h3-5H2,1-2H3;3H2,1-2H3;3-4H2,1-2H3. The van der Waals surface area contributed by atoms with Crippen LogP contribution in [-0.4, -0.2) is 128 Å². The van der Waals surface area contributed by atoms with E-state index in [2.05, 4.69) is 0 Å². The van der Waals surface area contributed by atoms with E-state index in [4.69, 9.17) is 0 Å². The third-order valence-electron chi connectivity index (χ3n) is 4.42. The number of hydrogen-bond donors (Lipinski definition) is 0. The number of amides is 7. The van der Waals surface area contributed by atoms with Crippen molar-refractivity contribution in [1.29, 1.82) is 0 Å². The molecule has 0 spiro atoms. The predicted octanol–water partition coefficient (Wildman–Crippen LogP) is -0.132. The maximum atomic E-state index is 11.0. The van der Waals surface area contributed by atoms with Crippen LogP contribution in [0.3, 0.4) is 0 Å². The van der Waals surface area contributed by atoms with Gasteiger partial charge in [0.2, 0.25) is 5.91 Å². The summed E-state index contributed by atoms with van der Waals surface area (Å²) in [5.74, 6) is -0.137. The Labute approximate surface area is 154 Å². The van der Waals surface area contributed by atoms with Crippen LogP contribution < -0.4 is 0 Å². The zero-order chi connectivity index (χ0) is 20.0. The Bertz CT molecular complexity index is 531. The molecule has 0 unspecified atom stereocenters. The highest BCUT2D eigenvalue weighted by molar-refractivity contribution is 6.01. The third-order valence-corrected chi connectivity index (χ3v) is 4.42. The molecule has 3 aliphatic heterocycles. The second-order valence-corrected chi connectivity index (χ2v) is 6.70. The number of carbonyl (C=O) groups excluding carboxylic acids is 4. The molecule has 0 N–H and O–H groups in total. The first-order valence-electron chi connectivity index (χ1n) is 8.50. The summed E-state index contributed by atoms with van der Waals surface area (Å²) in [5.41, 5.74) is 0. The normalized spacial score (nSPS) is 20.4. The van der Waals surface area contributed by atoms with Crippen molar-refractivity contribution < 1.29 is 19.2 Å². The molecule has 148 valence electrons. The molecular weight excluding hydrogens is 340 g/mol. The molecular formula is C16H30N6O4. The molecule has 0 saturated carbocycles. The quantitative estimate of drug-likeness (QED) is 0.556. The van der Waals surface area contributed by atoms with Crippen molar-refractivity contribution in [2.45, 2.75) is 6.42 Å². The number of carbonyl (C=O) groups is 4. The molecule has 0 bridgehead atoms. The largest absolute Gasteiger partial charge is 0.328 e. The number of urea groups is 3. The van der Waals surface area contributed by atoms with Crippen molar-refractivity contribution in [2.24, 2.45) is 0 Å². The fourth-order valence-corrected chi connectivity index (χ4v) is 2.55. The van der Waals surface area contributed by atoms with Crippen molar-refractivity contribution in [3.05, 3.63) is 0 Å². The summed E-state index contributed by atoms with van der Waals surface area (Å²) in [4.78, 5) is 52.5. The molecule has 3 fully saturated rings. The van der Waals surface area contributed by atoms with Gasteiger partial charge in [0.25, 0.3) is 0 Å². The van der Waals surface area contributed by atoms with Crippen LogP contribution in [0.5, 0.6) is 0 Å². The fourth-order valence-electron chi connectivity index (χ4n) is 2.55. The van der Waals surface area contributed by atoms with Crippen molar-refractivity contribution >= 4 is 24.0 Å². The van der Waals surface area contributed by atoms with Crippen LogP contribution in [0.1, 0.15) is 6.42 Å². The number of likely N-dealkylation sites (N-methyl/N-ethyl adjacent to an activating group) is 4. The average molecular weight is 370 g/mol. The highest BCUT2D eigenvalue weighted by atomic mass is 16.2. The van der Waals surface area contributed by atoms with Crippen molar-refractivity contribution in [3.63, 3.8) is 0 Å². The molecule has 0 aromatic carbocycles. The SMILES string of the molecule is CN1CC(=O)N(C)C1=O.CN1CCCN(C)C1=O.CN1CCN(C)C1=O. The maximum Gasteiger partial charge on any atom is 0.326 e. The fraction of sp³-hybridized carbons (Fsp3) is 0.750. The van der Waals surface area contributed by atoms with E-state index in [0.29, 0.717) is 0 Å². The molecule has 10 heteroatoms. The minimum Gasteiger partial charge on any atom is -0.328 e. The lowest BCUT2D eigenvalue weighted by Crippen LogP contribution is -2.44. The Morgan fingerprint density at radius 2 is 0.923 bits per heavy atom. The maximum absolute atomic E-state index is 11.0. The van der Waals surface area contributed by atoms with Gasteiger partial charge in [-0.1, -0.05) is 0 Å². The highest BCUT2D eigenvalue weighted by Crippen LogP contribution is 2.03. The summed E-state index contributed by atoms with van der Waals surface area (Å²) in [6.07, 6.45) is 1.10. The van der Waals surface area contributed by atoms with Gasteiger partial charge in [0.1, 0.15) is 6.54 Å². The molecule has 0 radical (unpaired) electrons. The molecule has 3 aliphatic rings. The smallest absolute Gasteiger partial charge is 0.326 e. The molecule has 3 saturated heterocycles. The van der Waals surface area contributed by atoms with Gasteiger partial charge in [-0.15, -0.1) is 0 Å². The Balaban J connectivity index is 0.000000195. The molecule has 0 aliphatic carbocycles. The second-order valence-electron chi connectivity index (χ2n) is 6.70. The van der Waals surface area contributed by atoms with Gasteiger partial charge in [0.05, 0.1) is 0 Å². The Morgan fingerprint density at radius 1 is 0.538 bits per heavy atom. The summed E-state index contributed by atoms with van der Waals surface area (Å²) >= 11 is 0. The minimum absolute atomic E-state index is 0.130. The molecule has 26 heavy (non-hydrogen) atoms. The zero-order valence-corrected chi connectivity index (χ0v) is 16.6. The van der Waals surface area contributed by atoms with E-state index in [1.807, 2.05) is 28.2 Å². The first-order chi connectivity index (χ1) is 12.1. The molecule has 3 rings (SSSR count). The van der Waals surface area contributed by atoms with Gasteiger partial charge in [-0.2, -0.15) is 0 Å². The lowest BCUT2D eigenvalue weighted by Gasteiger charge is -2.30. The Hall–Kier alpha value is -2.52. The first kappa shape index (κ1) is 21.5. The molecule has 0 aromatic rings. The van der Waals surface area contributed by atoms with Gasteiger partial charge in [0, 0.05) is 68.5 Å². The van der Waals surface area contributed by atoms with E-state index < -0.39 is 0 Å². The molecule has 0 aromatic heterocycles. The van der Waals surface area contributed by atoms with Crippen LogP contribution in [0.15, 0.2) is 0 Å². The van der Waals surface area contributed by atoms with Gasteiger partial charge in [0.15, 0.2) is 0 Å². The van der Waals surface area contributed by atoms with E-state index in [9.17, 15) is 19.2 Å². The Morgan fingerprint density at radius 3 is 1.12 bits per heavy atom. The van der Waals surface area contributed by atoms with Crippen LogP contribution >= 0.6 is 0 Å². The summed E-state index contributed by atoms with van der Waals surface area (Å²) in [6, 6.07) is 0.0475. The van der Waals surface area contributed by atoms with Gasteiger partial charge < -0.3 is 24.5 Å². The van der Waals surface area contributed by atoms with E-state index in [-0.39, 0.29) is 30.5 Å². The monoisotopic (exact) mass is 370 g/mol. The van der Waals surface area contributed by atoms with Crippen LogP contribution in [0.4, 0.5) is 14.4 Å². The minimum atomic E-state index is -0.222. The molecule has 10 nitrogen and oxygen atoms in total. The van der Waals surface area contributed by atoms with Gasteiger partial charge in [-0.05, 0) is 6.42 Å². The van der Waals surface area contributed by atoms with Crippen LogP contribution in [0.2, 0.25) is 0 Å².